The summed E-state index contributed by atoms with van der Waals surface area (Å²) in [5.41, 5.74) is 1.83. The molecule has 0 saturated carbocycles. The smallest absolute Gasteiger partial charge is 0.125 e. The van der Waals surface area contributed by atoms with Crippen molar-refractivity contribution in [2.75, 3.05) is 5.32 Å². The first-order chi connectivity index (χ1) is 6.61. The van der Waals surface area contributed by atoms with Crippen molar-refractivity contribution in [1.82, 2.24) is 0 Å². The fraction of sp³-hybridized carbons (Fsp3) is 0.500. The van der Waals surface area contributed by atoms with Crippen molar-refractivity contribution in [3.05, 3.63) is 29.6 Å². The molecule has 0 amide bonds. The summed E-state index contributed by atoms with van der Waals surface area (Å²) in [4.78, 5) is 0. The van der Waals surface area contributed by atoms with Crippen LogP contribution in [0.25, 0.3) is 0 Å². The first-order valence-corrected chi connectivity index (χ1v) is 5.15. The molecular formula is C12H18FN. The van der Waals surface area contributed by atoms with E-state index < -0.39 is 0 Å². The lowest BCUT2D eigenvalue weighted by molar-refractivity contribution is 0.625. The summed E-state index contributed by atoms with van der Waals surface area (Å²) in [6.07, 6.45) is 2.25. The van der Waals surface area contributed by atoms with E-state index in [2.05, 4.69) is 19.2 Å². The van der Waals surface area contributed by atoms with Crippen molar-refractivity contribution >= 4 is 5.69 Å². The van der Waals surface area contributed by atoms with Gasteiger partial charge in [-0.3, -0.25) is 0 Å². The van der Waals surface area contributed by atoms with E-state index in [0.29, 0.717) is 6.04 Å². The number of hydrogen-bond donors (Lipinski definition) is 1. The molecule has 0 heterocycles. The van der Waals surface area contributed by atoms with Gasteiger partial charge in [-0.25, -0.2) is 4.39 Å². The maximum absolute atomic E-state index is 13.0. The molecule has 0 bridgehead atoms. The Morgan fingerprint density at radius 2 is 2.07 bits per heavy atom. The Labute approximate surface area is 85.3 Å². The van der Waals surface area contributed by atoms with Crippen LogP contribution in [0.4, 0.5) is 10.1 Å². The summed E-state index contributed by atoms with van der Waals surface area (Å²) in [6.45, 7) is 6.16. The van der Waals surface area contributed by atoms with Crippen LogP contribution in [0.1, 0.15) is 32.3 Å². The third kappa shape index (κ3) is 3.36. The SMILES string of the molecule is CCCC(C)Nc1cc(C)cc(F)c1. The third-order valence-corrected chi connectivity index (χ3v) is 2.18. The predicted molar refractivity (Wildman–Crippen MR) is 59.1 cm³/mol. The maximum atomic E-state index is 13.0. The highest BCUT2D eigenvalue weighted by Gasteiger charge is 2.02. The van der Waals surface area contributed by atoms with Crippen LogP contribution in [0, 0.1) is 12.7 Å². The molecule has 1 unspecified atom stereocenters. The Bertz CT molecular complexity index is 276. The number of halogens is 1. The average molecular weight is 195 g/mol. The van der Waals surface area contributed by atoms with Crippen LogP contribution in [-0.2, 0) is 0 Å². The van der Waals surface area contributed by atoms with Crippen molar-refractivity contribution in [3.63, 3.8) is 0 Å². The first kappa shape index (κ1) is 11.0. The molecular weight excluding hydrogens is 177 g/mol. The zero-order valence-electron chi connectivity index (χ0n) is 9.10. The van der Waals surface area contributed by atoms with E-state index in [9.17, 15) is 4.39 Å². The molecule has 14 heavy (non-hydrogen) atoms. The normalized spacial score (nSPS) is 12.6. The lowest BCUT2D eigenvalue weighted by Crippen LogP contribution is -2.14. The highest BCUT2D eigenvalue weighted by molar-refractivity contribution is 5.46. The van der Waals surface area contributed by atoms with Crippen LogP contribution in [0.15, 0.2) is 18.2 Å². The number of aryl methyl sites for hydroxylation is 1. The number of rotatable bonds is 4. The summed E-state index contributed by atoms with van der Waals surface area (Å²) >= 11 is 0. The molecule has 1 aromatic rings. The molecule has 0 aliphatic rings. The summed E-state index contributed by atoms with van der Waals surface area (Å²) < 4.78 is 13.0. The van der Waals surface area contributed by atoms with Gasteiger partial charge in [0.15, 0.2) is 0 Å². The zero-order chi connectivity index (χ0) is 10.6. The van der Waals surface area contributed by atoms with Gasteiger partial charge >= 0.3 is 0 Å². The Kier molecular flexibility index (Phi) is 3.93. The summed E-state index contributed by atoms with van der Waals surface area (Å²) in [5, 5.41) is 3.28. The van der Waals surface area contributed by atoms with Crippen molar-refractivity contribution < 1.29 is 4.39 Å². The van der Waals surface area contributed by atoms with Crippen LogP contribution in [0.3, 0.4) is 0 Å². The Balaban J connectivity index is 2.66. The molecule has 1 rings (SSSR count). The third-order valence-electron chi connectivity index (χ3n) is 2.18. The van der Waals surface area contributed by atoms with Gasteiger partial charge in [-0.1, -0.05) is 13.3 Å². The van der Waals surface area contributed by atoms with E-state index in [-0.39, 0.29) is 5.82 Å². The van der Waals surface area contributed by atoms with Gasteiger partial charge in [0.05, 0.1) is 0 Å². The largest absolute Gasteiger partial charge is 0.383 e. The standard InChI is InChI=1S/C12H18FN/c1-4-5-10(3)14-12-7-9(2)6-11(13)8-12/h6-8,10,14H,4-5H2,1-3H3. The Morgan fingerprint density at radius 3 is 2.64 bits per heavy atom. The topological polar surface area (TPSA) is 12.0 Å². The van der Waals surface area contributed by atoms with Gasteiger partial charge in [0.25, 0.3) is 0 Å². The molecule has 0 aliphatic carbocycles. The van der Waals surface area contributed by atoms with Crippen LogP contribution in [-0.4, -0.2) is 6.04 Å². The van der Waals surface area contributed by atoms with Crippen molar-refractivity contribution in [3.8, 4) is 0 Å². The van der Waals surface area contributed by atoms with Gasteiger partial charge in [-0.15, -0.1) is 0 Å². The molecule has 1 N–H and O–H groups in total. The van der Waals surface area contributed by atoms with E-state index in [1.54, 1.807) is 6.07 Å². The fourth-order valence-electron chi connectivity index (χ4n) is 1.61. The predicted octanol–water partition coefficient (Wildman–Crippen LogP) is 3.73. The molecule has 1 aromatic carbocycles. The average Bonchev–Trinajstić information content (AvgIpc) is 2.01. The summed E-state index contributed by atoms with van der Waals surface area (Å²) in [5.74, 6) is -0.170. The number of nitrogens with one attached hydrogen (secondary N) is 1. The van der Waals surface area contributed by atoms with Gasteiger partial charge in [0, 0.05) is 11.7 Å². The lowest BCUT2D eigenvalue weighted by atomic mass is 10.1. The monoisotopic (exact) mass is 195 g/mol. The van der Waals surface area contributed by atoms with E-state index in [0.717, 1.165) is 24.1 Å². The minimum atomic E-state index is -0.170. The molecule has 0 saturated heterocycles. The van der Waals surface area contributed by atoms with E-state index in [1.165, 1.54) is 6.07 Å². The molecule has 0 aliphatic heterocycles. The van der Waals surface area contributed by atoms with Crippen molar-refractivity contribution in [2.45, 2.75) is 39.7 Å². The minimum absolute atomic E-state index is 0.170. The van der Waals surface area contributed by atoms with Gasteiger partial charge in [0.1, 0.15) is 5.82 Å². The van der Waals surface area contributed by atoms with Gasteiger partial charge in [-0.2, -0.15) is 0 Å². The molecule has 78 valence electrons. The summed E-state index contributed by atoms with van der Waals surface area (Å²) in [6, 6.07) is 5.45. The van der Waals surface area contributed by atoms with Crippen molar-refractivity contribution in [2.24, 2.45) is 0 Å². The second kappa shape index (κ2) is 4.99. The molecule has 1 atom stereocenters. The second-order valence-electron chi connectivity index (χ2n) is 3.85. The summed E-state index contributed by atoms with van der Waals surface area (Å²) in [7, 11) is 0. The van der Waals surface area contributed by atoms with E-state index in [4.69, 9.17) is 0 Å². The van der Waals surface area contributed by atoms with Crippen LogP contribution >= 0.6 is 0 Å². The van der Waals surface area contributed by atoms with Crippen LogP contribution < -0.4 is 5.32 Å². The Morgan fingerprint density at radius 1 is 1.36 bits per heavy atom. The minimum Gasteiger partial charge on any atom is -0.383 e. The first-order valence-electron chi connectivity index (χ1n) is 5.15. The second-order valence-corrected chi connectivity index (χ2v) is 3.85. The number of hydrogen-bond acceptors (Lipinski definition) is 1. The van der Waals surface area contributed by atoms with Gasteiger partial charge in [-0.05, 0) is 44.0 Å². The molecule has 1 nitrogen and oxygen atoms in total. The quantitative estimate of drug-likeness (QED) is 0.771. The lowest BCUT2D eigenvalue weighted by Gasteiger charge is -2.14. The van der Waals surface area contributed by atoms with Crippen LogP contribution in [0.2, 0.25) is 0 Å². The van der Waals surface area contributed by atoms with Gasteiger partial charge in [0.2, 0.25) is 0 Å². The van der Waals surface area contributed by atoms with E-state index >= 15 is 0 Å². The number of anilines is 1. The zero-order valence-corrected chi connectivity index (χ0v) is 9.10. The van der Waals surface area contributed by atoms with Gasteiger partial charge < -0.3 is 5.32 Å². The highest BCUT2D eigenvalue weighted by Crippen LogP contribution is 2.15. The molecule has 0 aromatic heterocycles. The highest BCUT2D eigenvalue weighted by atomic mass is 19.1. The molecule has 0 fully saturated rings. The molecule has 0 radical (unpaired) electrons. The van der Waals surface area contributed by atoms with E-state index in [1.807, 2.05) is 13.0 Å². The van der Waals surface area contributed by atoms with Crippen LogP contribution in [0.5, 0.6) is 0 Å². The molecule has 0 spiro atoms. The maximum Gasteiger partial charge on any atom is 0.125 e. The Hall–Kier alpha value is -1.05. The fourth-order valence-corrected chi connectivity index (χ4v) is 1.61. The van der Waals surface area contributed by atoms with Crippen molar-refractivity contribution in [1.29, 1.82) is 0 Å². The number of benzene rings is 1. The molecule has 2 heteroatoms.